The van der Waals surface area contributed by atoms with Crippen molar-refractivity contribution in [2.45, 2.75) is 25.5 Å². The first-order chi connectivity index (χ1) is 8.11. The molecule has 1 heterocycles. The molecule has 0 spiro atoms. The Labute approximate surface area is 110 Å². The maximum Gasteiger partial charge on any atom is 0.233 e. The maximum absolute atomic E-state index is 11.6. The Hall–Kier alpha value is -0.260. The minimum absolute atomic E-state index is 0.0589. The van der Waals surface area contributed by atoms with Crippen molar-refractivity contribution in [3.8, 4) is 0 Å². The molecule has 100 valence electrons. The largest absolute Gasteiger partial charge is 0.355 e. The van der Waals surface area contributed by atoms with Crippen LogP contribution in [0.25, 0.3) is 0 Å². The summed E-state index contributed by atoms with van der Waals surface area (Å²) in [5, 5.41) is 6.09. The molecule has 0 aliphatic carbocycles. The Kier molecular flexibility index (Phi) is 6.92. The van der Waals surface area contributed by atoms with E-state index in [0.29, 0.717) is 0 Å². The van der Waals surface area contributed by atoms with Crippen LogP contribution in [0.2, 0.25) is 0 Å². The highest BCUT2D eigenvalue weighted by molar-refractivity contribution is 7.81. The second-order valence-electron chi connectivity index (χ2n) is 4.93. The summed E-state index contributed by atoms with van der Waals surface area (Å²) in [6.45, 7) is 10.3. The number of hydrogen-bond acceptors (Lipinski definition) is 4. The fourth-order valence-electron chi connectivity index (χ4n) is 1.86. The van der Waals surface area contributed by atoms with E-state index in [9.17, 15) is 4.79 Å². The van der Waals surface area contributed by atoms with Crippen molar-refractivity contribution in [1.82, 2.24) is 15.5 Å². The lowest BCUT2D eigenvalue weighted by molar-refractivity contribution is -0.121. The first-order valence-electron chi connectivity index (χ1n) is 6.50. The molecule has 1 aliphatic rings. The Morgan fingerprint density at radius 3 is 2.65 bits per heavy atom. The van der Waals surface area contributed by atoms with Crippen LogP contribution >= 0.6 is 12.6 Å². The van der Waals surface area contributed by atoms with Crippen molar-refractivity contribution >= 4 is 18.5 Å². The van der Waals surface area contributed by atoms with Crippen LogP contribution < -0.4 is 10.6 Å². The lowest BCUT2D eigenvalue weighted by atomic mass is 10.1. The van der Waals surface area contributed by atoms with E-state index in [-0.39, 0.29) is 17.1 Å². The third-order valence-corrected chi connectivity index (χ3v) is 3.89. The van der Waals surface area contributed by atoms with E-state index in [4.69, 9.17) is 0 Å². The van der Waals surface area contributed by atoms with Gasteiger partial charge in [-0.05, 0) is 18.9 Å². The van der Waals surface area contributed by atoms with Crippen LogP contribution in [-0.4, -0.2) is 55.3 Å². The Bertz CT molecular complexity index is 230. The molecule has 0 aromatic carbocycles. The SMILES string of the molecule is CC(C)C(S)C(=O)NCCCN1CCNCC1. The van der Waals surface area contributed by atoms with Gasteiger partial charge in [0.2, 0.25) is 5.91 Å². The highest BCUT2D eigenvalue weighted by atomic mass is 32.1. The summed E-state index contributed by atoms with van der Waals surface area (Å²) in [7, 11) is 0. The predicted octanol–water partition coefficient (Wildman–Crippen LogP) is 0.352. The molecule has 4 nitrogen and oxygen atoms in total. The van der Waals surface area contributed by atoms with Crippen LogP contribution in [0.1, 0.15) is 20.3 Å². The highest BCUT2D eigenvalue weighted by Gasteiger charge is 2.16. The lowest BCUT2D eigenvalue weighted by Gasteiger charge is -2.27. The number of nitrogens with one attached hydrogen (secondary N) is 2. The van der Waals surface area contributed by atoms with Crippen molar-refractivity contribution in [3.63, 3.8) is 0 Å². The monoisotopic (exact) mass is 259 g/mol. The molecule has 1 fully saturated rings. The van der Waals surface area contributed by atoms with E-state index in [1.807, 2.05) is 13.8 Å². The van der Waals surface area contributed by atoms with Gasteiger partial charge in [0.15, 0.2) is 0 Å². The topological polar surface area (TPSA) is 44.4 Å². The van der Waals surface area contributed by atoms with Crippen molar-refractivity contribution < 1.29 is 4.79 Å². The van der Waals surface area contributed by atoms with Crippen molar-refractivity contribution in [2.75, 3.05) is 39.3 Å². The van der Waals surface area contributed by atoms with Crippen molar-refractivity contribution in [2.24, 2.45) is 5.92 Å². The van der Waals surface area contributed by atoms with E-state index in [0.717, 1.165) is 45.7 Å². The van der Waals surface area contributed by atoms with Crippen molar-refractivity contribution in [1.29, 1.82) is 0 Å². The average molecular weight is 259 g/mol. The number of rotatable bonds is 6. The zero-order chi connectivity index (χ0) is 12.7. The fourth-order valence-corrected chi connectivity index (χ4v) is 1.95. The van der Waals surface area contributed by atoms with E-state index < -0.39 is 0 Å². The molecule has 1 saturated heterocycles. The maximum atomic E-state index is 11.6. The molecule has 5 heteroatoms. The molecule has 1 aliphatic heterocycles. The van der Waals surface area contributed by atoms with Crippen LogP contribution in [0, 0.1) is 5.92 Å². The molecule has 1 unspecified atom stereocenters. The van der Waals surface area contributed by atoms with Gasteiger partial charge in [-0.15, -0.1) is 0 Å². The highest BCUT2D eigenvalue weighted by Crippen LogP contribution is 2.08. The number of nitrogens with zero attached hydrogens (tertiary/aromatic N) is 1. The molecule has 0 bridgehead atoms. The predicted molar refractivity (Wildman–Crippen MR) is 74.5 cm³/mol. The van der Waals surface area contributed by atoms with Gasteiger partial charge in [0, 0.05) is 32.7 Å². The summed E-state index contributed by atoms with van der Waals surface area (Å²) < 4.78 is 0. The van der Waals surface area contributed by atoms with Gasteiger partial charge in [-0.1, -0.05) is 13.8 Å². The van der Waals surface area contributed by atoms with Gasteiger partial charge in [-0.3, -0.25) is 4.79 Å². The molecule has 2 N–H and O–H groups in total. The summed E-state index contributed by atoms with van der Waals surface area (Å²) in [4.78, 5) is 14.1. The van der Waals surface area contributed by atoms with E-state index >= 15 is 0 Å². The number of piperazine rings is 1. The summed E-state index contributed by atoms with van der Waals surface area (Å²) >= 11 is 4.29. The summed E-state index contributed by atoms with van der Waals surface area (Å²) in [5.74, 6) is 0.343. The lowest BCUT2D eigenvalue weighted by Crippen LogP contribution is -2.44. The number of thiol groups is 1. The van der Waals surface area contributed by atoms with Crippen LogP contribution in [0.4, 0.5) is 0 Å². The van der Waals surface area contributed by atoms with Crippen LogP contribution in [0.15, 0.2) is 0 Å². The minimum Gasteiger partial charge on any atom is -0.355 e. The number of hydrogen-bond donors (Lipinski definition) is 3. The summed E-state index contributed by atoms with van der Waals surface area (Å²) in [5.41, 5.74) is 0. The van der Waals surface area contributed by atoms with Crippen LogP contribution in [-0.2, 0) is 4.79 Å². The molecular formula is C12H25N3OS. The molecule has 0 saturated carbocycles. The molecule has 1 amide bonds. The molecule has 1 atom stereocenters. The number of amides is 1. The second-order valence-corrected chi connectivity index (χ2v) is 5.48. The van der Waals surface area contributed by atoms with Gasteiger partial charge in [-0.2, -0.15) is 12.6 Å². The molecule has 0 aromatic heterocycles. The Morgan fingerprint density at radius 2 is 2.06 bits per heavy atom. The van der Waals surface area contributed by atoms with Gasteiger partial charge in [-0.25, -0.2) is 0 Å². The first kappa shape index (κ1) is 14.8. The fraction of sp³-hybridized carbons (Fsp3) is 0.917. The molecular weight excluding hydrogens is 234 g/mol. The molecule has 1 rings (SSSR count). The molecule has 0 radical (unpaired) electrons. The molecule has 0 aromatic rings. The standard InChI is InChI=1S/C12H25N3OS/c1-10(2)11(17)12(16)14-4-3-7-15-8-5-13-6-9-15/h10-11,13,17H,3-9H2,1-2H3,(H,14,16). The van der Waals surface area contributed by atoms with E-state index in [1.165, 1.54) is 0 Å². The van der Waals surface area contributed by atoms with Crippen molar-refractivity contribution in [3.05, 3.63) is 0 Å². The van der Waals surface area contributed by atoms with Gasteiger partial charge in [0.1, 0.15) is 0 Å². The zero-order valence-corrected chi connectivity index (χ0v) is 11.8. The third-order valence-electron chi connectivity index (χ3n) is 3.06. The third kappa shape index (κ3) is 5.75. The van der Waals surface area contributed by atoms with Gasteiger partial charge >= 0.3 is 0 Å². The Morgan fingerprint density at radius 1 is 1.41 bits per heavy atom. The van der Waals surface area contributed by atoms with Gasteiger partial charge < -0.3 is 15.5 Å². The Balaban J connectivity index is 2.05. The first-order valence-corrected chi connectivity index (χ1v) is 7.01. The number of carbonyl (C=O) groups is 1. The van der Waals surface area contributed by atoms with Crippen LogP contribution in [0.3, 0.4) is 0 Å². The van der Waals surface area contributed by atoms with Crippen LogP contribution in [0.5, 0.6) is 0 Å². The minimum atomic E-state index is -0.186. The van der Waals surface area contributed by atoms with E-state index in [1.54, 1.807) is 0 Å². The number of carbonyl (C=O) groups excluding carboxylic acids is 1. The average Bonchev–Trinajstić information content (AvgIpc) is 2.34. The van der Waals surface area contributed by atoms with Gasteiger partial charge in [0.25, 0.3) is 0 Å². The van der Waals surface area contributed by atoms with E-state index in [2.05, 4.69) is 28.2 Å². The normalized spacial score (nSPS) is 19.3. The summed E-state index contributed by atoms with van der Waals surface area (Å²) in [6, 6.07) is 0. The molecule has 17 heavy (non-hydrogen) atoms. The van der Waals surface area contributed by atoms with Gasteiger partial charge in [0.05, 0.1) is 5.25 Å². The smallest absolute Gasteiger partial charge is 0.233 e. The second kappa shape index (κ2) is 7.95. The summed E-state index contributed by atoms with van der Waals surface area (Å²) in [6.07, 6.45) is 1.02. The quantitative estimate of drug-likeness (QED) is 0.476. The zero-order valence-electron chi connectivity index (χ0n) is 10.9.